The van der Waals surface area contributed by atoms with Crippen molar-refractivity contribution >= 4 is 25.6 Å². The molecule has 0 aliphatic carbocycles. The summed E-state index contributed by atoms with van der Waals surface area (Å²) in [6.45, 7) is 7.73. The van der Waals surface area contributed by atoms with Gasteiger partial charge in [-0.3, -0.25) is 4.79 Å². The van der Waals surface area contributed by atoms with Gasteiger partial charge in [0.2, 0.25) is 0 Å². The van der Waals surface area contributed by atoms with E-state index in [1.54, 1.807) is 4.57 Å². The van der Waals surface area contributed by atoms with Gasteiger partial charge in [0.1, 0.15) is 10.6 Å². The third-order valence-electron chi connectivity index (χ3n) is 3.21. The van der Waals surface area contributed by atoms with Crippen molar-refractivity contribution in [2.24, 2.45) is 0 Å². The minimum absolute atomic E-state index is 0.0374. The molecule has 20 heavy (non-hydrogen) atoms. The molecule has 0 spiro atoms. The summed E-state index contributed by atoms with van der Waals surface area (Å²) in [5.74, 6) is -0.279. The van der Waals surface area contributed by atoms with E-state index in [2.05, 4.69) is 5.32 Å². The second-order valence-electron chi connectivity index (χ2n) is 4.99. The SMILES string of the molecule is CCC(CC)NC(=O)c1cc(S(=O)(=O)Cl)cn1C(C)C. The van der Waals surface area contributed by atoms with Gasteiger partial charge in [0.25, 0.3) is 15.0 Å². The van der Waals surface area contributed by atoms with Crippen LogP contribution in [0.15, 0.2) is 17.2 Å². The first-order valence-corrected chi connectivity index (χ1v) is 8.99. The van der Waals surface area contributed by atoms with E-state index < -0.39 is 9.05 Å². The van der Waals surface area contributed by atoms with Crippen LogP contribution in [-0.4, -0.2) is 24.9 Å². The van der Waals surface area contributed by atoms with Crippen molar-refractivity contribution in [2.75, 3.05) is 0 Å². The number of carbonyl (C=O) groups is 1. The number of aromatic nitrogens is 1. The molecule has 0 aliphatic rings. The van der Waals surface area contributed by atoms with E-state index in [1.807, 2.05) is 27.7 Å². The average Bonchev–Trinajstić information content (AvgIpc) is 2.80. The highest BCUT2D eigenvalue weighted by Gasteiger charge is 2.22. The molecule has 1 aromatic rings. The van der Waals surface area contributed by atoms with Crippen molar-refractivity contribution in [2.45, 2.75) is 57.5 Å². The Morgan fingerprint density at radius 1 is 1.35 bits per heavy atom. The number of carbonyl (C=O) groups excluding carboxylic acids is 1. The molecule has 0 radical (unpaired) electrons. The van der Waals surface area contributed by atoms with Crippen LogP contribution in [0.3, 0.4) is 0 Å². The van der Waals surface area contributed by atoms with Gasteiger partial charge >= 0.3 is 0 Å². The maximum absolute atomic E-state index is 12.3. The van der Waals surface area contributed by atoms with Crippen LogP contribution >= 0.6 is 10.7 Å². The minimum atomic E-state index is -3.84. The highest BCUT2D eigenvalue weighted by atomic mass is 35.7. The van der Waals surface area contributed by atoms with Gasteiger partial charge in [-0.2, -0.15) is 0 Å². The van der Waals surface area contributed by atoms with E-state index in [-0.39, 0.29) is 22.9 Å². The smallest absolute Gasteiger partial charge is 0.268 e. The number of nitrogens with zero attached hydrogens (tertiary/aromatic N) is 1. The lowest BCUT2D eigenvalue weighted by atomic mass is 10.1. The molecule has 0 atom stereocenters. The Kier molecular flexibility index (Phi) is 5.65. The van der Waals surface area contributed by atoms with Crippen molar-refractivity contribution in [1.82, 2.24) is 9.88 Å². The molecule has 1 rings (SSSR count). The van der Waals surface area contributed by atoms with Crippen LogP contribution in [0.2, 0.25) is 0 Å². The number of nitrogens with one attached hydrogen (secondary N) is 1. The van der Waals surface area contributed by atoms with E-state index in [9.17, 15) is 13.2 Å². The molecule has 1 aromatic heterocycles. The monoisotopic (exact) mass is 320 g/mol. The standard InChI is InChI=1S/C13H21ClN2O3S/c1-5-10(6-2)15-13(17)12-7-11(20(14,18)19)8-16(12)9(3)4/h7-10H,5-6H2,1-4H3,(H,15,17). The van der Waals surface area contributed by atoms with Gasteiger partial charge in [-0.15, -0.1) is 0 Å². The maximum atomic E-state index is 12.3. The van der Waals surface area contributed by atoms with Crippen molar-refractivity contribution in [3.05, 3.63) is 18.0 Å². The second-order valence-corrected chi connectivity index (χ2v) is 7.55. The lowest BCUT2D eigenvalue weighted by molar-refractivity contribution is 0.0924. The minimum Gasteiger partial charge on any atom is -0.348 e. The van der Waals surface area contributed by atoms with Crippen LogP contribution in [0.5, 0.6) is 0 Å². The number of amides is 1. The number of hydrogen-bond donors (Lipinski definition) is 1. The predicted molar refractivity (Wildman–Crippen MR) is 79.7 cm³/mol. The van der Waals surface area contributed by atoms with Gasteiger partial charge in [0, 0.05) is 29.0 Å². The quantitative estimate of drug-likeness (QED) is 0.819. The molecule has 7 heteroatoms. The van der Waals surface area contributed by atoms with E-state index in [4.69, 9.17) is 10.7 Å². The largest absolute Gasteiger partial charge is 0.348 e. The van der Waals surface area contributed by atoms with Crippen molar-refractivity contribution in [1.29, 1.82) is 0 Å². The normalized spacial score (nSPS) is 12.2. The first kappa shape index (κ1) is 17.0. The van der Waals surface area contributed by atoms with Crippen LogP contribution in [0.1, 0.15) is 57.1 Å². The molecule has 0 fully saturated rings. The molecule has 114 valence electrons. The van der Waals surface area contributed by atoms with E-state index >= 15 is 0 Å². The molecule has 0 bridgehead atoms. The Bertz CT molecular complexity index is 574. The molecule has 1 N–H and O–H groups in total. The van der Waals surface area contributed by atoms with E-state index in [0.29, 0.717) is 5.69 Å². The Morgan fingerprint density at radius 3 is 2.30 bits per heavy atom. The summed E-state index contributed by atoms with van der Waals surface area (Å²) in [6.07, 6.45) is 3.05. The van der Waals surface area contributed by atoms with Crippen molar-refractivity contribution in [3.8, 4) is 0 Å². The van der Waals surface area contributed by atoms with Crippen molar-refractivity contribution < 1.29 is 13.2 Å². The molecule has 1 heterocycles. The third-order valence-corrected chi connectivity index (χ3v) is 4.54. The maximum Gasteiger partial charge on any atom is 0.268 e. The zero-order chi connectivity index (χ0) is 15.5. The van der Waals surface area contributed by atoms with Crippen LogP contribution in [0.25, 0.3) is 0 Å². The van der Waals surface area contributed by atoms with Gasteiger partial charge in [-0.05, 0) is 32.8 Å². The van der Waals surface area contributed by atoms with Gasteiger partial charge in [-0.1, -0.05) is 13.8 Å². The molecule has 0 unspecified atom stereocenters. The summed E-state index contributed by atoms with van der Waals surface area (Å²) in [7, 11) is 1.50. The Morgan fingerprint density at radius 2 is 1.90 bits per heavy atom. The fourth-order valence-electron chi connectivity index (χ4n) is 1.95. The summed E-state index contributed by atoms with van der Waals surface area (Å²) in [5.41, 5.74) is 0.311. The number of halogens is 1. The van der Waals surface area contributed by atoms with Crippen LogP contribution in [-0.2, 0) is 9.05 Å². The Hall–Kier alpha value is -1.01. The molecule has 0 aromatic carbocycles. The molecule has 0 saturated carbocycles. The van der Waals surface area contributed by atoms with Gasteiger partial charge in [0.15, 0.2) is 0 Å². The Labute approximate surface area is 124 Å². The molecule has 0 saturated heterocycles. The van der Waals surface area contributed by atoms with Gasteiger partial charge in [-0.25, -0.2) is 8.42 Å². The number of rotatable bonds is 6. The van der Waals surface area contributed by atoms with E-state index in [1.165, 1.54) is 12.3 Å². The molecule has 1 amide bonds. The molecule has 0 aliphatic heterocycles. The zero-order valence-corrected chi connectivity index (χ0v) is 13.8. The van der Waals surface area contributed by atoms with Crippen LogP contribution in [0, 0.1) is 0 Å². The lowest BCUT2D eigenvalue weighted by Gasteiger charge is -2.17. The summed E-state index contributed by atoms with van der Waals surface area (Å²) in [4.78, 5) is 12.2. The fourth-order valence-corrected chi connectivity index (χ4v) is 2.69. The summed E-state index contributed by atoms with van der Waals surface area (Å²) in [5, 5.41) is 2.90. The third kappa shape index (κ3) is 3.99. The summed E-state index contributed by atoms with van der Waals surface area (Å²) >= 11 is 0. The van der Waals surface area contributed by atoms with Gasteiger partial charge in [0.05, 0.1) is 0 Å². The fraction of sp³-hybridized carbons (Fsp3) is 0.615. The van der Waals surface area contributed by atoms with Gasteiger partial charge < -0.3 is 9.88 Å². The molecular weight excluding hydrogens is 300 g/mol. The zero-order valence-electron chi connectivity index (χ0n) is 12.2. The highest BCUT2D eigenvalue weighted by molar-refractivity contribution is 8.13. The average molecular weight is 321 g/mol. The first-order valence-electron chi connectivity index (χ1n) is 6.68. The topological polar surface area (TPSA) is 68.2 Å². The number of hydrogen-bond acceptors (Lipinski definition) is 3. The van der Waals surface area contributed by atoms with E-state index in [0.717, 1.165) is 12.8 Å². The first-order chi connectivity index (χ1) is 9.20. The highest BCUT2D eigenvalue weighted by Crippen LogP contribution is 2.22. The molecular formula is C13H21ClN2O3S. The van der Waals surface area contributed by atoms with Crippen molar-refractivity contribution in [3.63, 3.8) is 0 Å². The molecule has 5 nitrogen and oxygen atoms in total. The summed E-state index contributed by atoms with van der Waals surface area (Å²) < 4.78 is 24.4. The van der Waals surface area contributed by atoms with Crippen LogP contribution < -0.4 is 5.32 Å². The van der Waals surface area contributed by atoms with Crippen LogP contribution in [0.4, 0.5) is 0 Å². The summed E-state index contributed by atoms with van der Waals surface area (Å²) in [6, 6.07) is 1.36. The predicted octanol–water partition coefficient (Wildman–Crippen LogP) is 2.91. The Balaban J connectivity index is 3.16. The lowest BCUT2D eigenvalue weighted by Crippen LogP contribution is -2.35. The second kappa shape index (κ2) is 6.63.